The van der Waals surface area contributed by atoms with Crippen LogP contribution in [0.2, 0.25) is 0 Å². The minimum absolute atomic E-state index is 0.318. The number of nitrogens with zero attached hydrogens (tertiary/aromatic N) is 1. The molecular formula is C25H23NO4. The van der Waals surface area contributed by atoms with Gasteiger partial charge in [-0.25, -0.2) is 9.78 Å². The molecule has 0 aliphatic carbocycles. The lowest BCUT2D eigenvalue weighted by Gasteiger charge is -1.97. The lowest BCUT2D eigenvalue weighted by atomic mass is 10.1. The van der Waals surface area contributed by atoms with Crippen LogP contribution in [0.15, 0.2) is 75.6 Å². The maximum absolute atomic E-state index is 11.4. The standard InChI is InChI=1S/C25H23NO4/c1-3-28-24(27)11-7-8-18-12-13-23-20(14-18)15-21(30-23)16-22-17(2)29-25(26-22)19-9-5-4-6-10-19/h4-7,9-15H,3,8,16H2,1-2H3. The van der Waals surface area contributed by atoms with Crippen molar-refractivity contribution in [3.8, 4) is 11.5 Å². The fourth-order valence-electron chi connectivity index (χ4n) is 3.30. The van der Waals surface area contributed by atoms with Gasteiger partial charge in [-0.3, -0.25) is 0 Å². The highest BCUT2D eigenvalue weighted by Crippen LogP contribution is 2.26. The molecule has 152 valence electrons. The molecule has 0 spiro atoms. The number of furan rings is 1. The smallest absolute Gasteiger partial charge is 0.330 e. The summed E-state index contributed by atoms with van der Waals surface area (Å²) in [6, 6.07) is 17.9. The number of allylic oxidation sites excluding steroid dienone is 1. The van der Waals surface area contributed by atoms with E-state index in [4.69, 9.17) is 13.6 Å². The van der Waals surface area contributed by atoms with Crippen molar-refractivity contribution in [2.45, 2.75) is 26.7 Å². The fraction of sp³-hybridized carbons (Fsp3) is 0.200. The van der Waals surface area contributed by atoms with Gasteiger partial charge in [0.25, 0.3) is 0 Å². The monoisotopic (exact) mass is 401 g/mol. The number of benzene rings is 2. The molecule has 0 amide bonds. The topological polar surface area (TPSA) is 65.5 Å². The van der Waals surface area contributed by atoms with Crippen LogP contribution in [0.5, 0.6) is 0 Å². The van der Waals surface area contributed by atoms with Gasteiger partial charge in [0, 0.05) is 17.0 Å². The number of ether oxygens (including phenoxy) is 1. The highest BCUT2D eigenvalue weighted by atomic mass is 16.5. The van der Waals surface area contributed by atoms with Crippen molar-refractivity contribution < 1.29 is 18.4 Å². The third kappa shape index (κ3) is 4.51. The van der Waals surface area contributed by atoms with Gasteiger partial charge in [0.1, 0.15) is 17.1 Å². The maximum Gasteiger partial charge on any atom is 0.330 e. The summed E-state index contributed by atoms with van der Waals surface area (Å²) in [5.41, 5.74) is 3.74. The van der Waals surface area contributed by atoms with E-state index >= 15 is 0 Å². The maximum atomic E-state index is 11.4. The van der Waals surface area contributed by atoms with Crippen LogP contribution in [0.1, 0.15) is 29.7 Å². The zero-order valence-corrected chi connectivity index (χ0v) is 17.1. The molecule has 0 atom stereocenters. The van der Waals surface area contributed by atoms with Crippen molar-refractivity contribution >= 4 is 16.9 Å². The second kappa shape index (κ2) is 8.82. The average Bonchev–Trinajstić information content (AvgIpc) is 3.31. The SMILES string of the molecule is CCOC(=O)C=CCc1ccc2oc(Cc3nc(-c4ccccc4)oc3C)cc2c1. The van der Waals surface area contributed by atoms with E-state index in [9.17, 15) is 4.79 Å². The molecule has 30 heavy (non-hydrogen) atoms. The van der Waals surface area contributed by atoms with Gasteiger partial charge in [0.05, 0.1) is 18.7 Å². The molecule has 2 aromatic carbocycles. The number of aryl methyl sites for hydroxylation is 1. The van der Waals surface area contributed by atoms with E-state index in [0.717, 1.165) is 39.3 Å². The lowest BCUT2D eigenvalue weighted by Crippen LogP contribution is -1.99. The largest absolute Gasteiger partial charge is 0.463 e. The Bertz CT molecular complexity index is 1180. The molecule has 5 nitrogen and oxygen atoms in total. The Morgan fingerprint density at radius 3 is 2.73 bits per heavy atom. The zero-order chi connectivity index (χ0) is 20.9. The fourth-order valence-corrected chi connectivity index (χ4v) is 3.30. The molecule has 0 radical (unpaired) electrons. The first-order chi connectivity index (χ1) is 14.6. The van der Waals surface area contributed by atoms with E-state index in [1.54, 1.807) is 6.92 Å². The summed E-state index contributed by atoms with van der Waals surface area (Å²) in [7, 11) is 0. The second-order valence-corrected chi connectivity index (χ2v) is 7.01. The lowest BCUT2D eigenvalue weighted by molar-refractivity contribution is -0.137. The molecule has 0 fully saturated rings. The van der Waals surface area contributed by atoms with Gasteiger partial charge in [-0.2, -0.15) is 0 Å². The summed E-state index contributed by atoms with van der Waals surface area (Å²) in [5.74, 6) is 1.93. The summed E-state index contributed by atoms with van der Waals surface area (Å²) < 4.78 is 16.7. The number of carbonyl (C=O) groups is 1. The second-order valence-electron chi connectivity index (χ2n) is 7.01. The van der Waals surface area contributed by atoms with E-state index in [0.29, 0.717) is 25.3 Å². The van der Waals surface area contributed by atoms with Crippen LogP contribution in [-0.2, 0) is 22.4 Å². The predicted octanol–water partition coefficient (Wildman–Crippen LogP) is 5.65. The summed E-state index contributed by atoms with van der Waals surface area (Å²) in [4.78, 5) is 16.1. The van der Waals surface area contributed by atoms with Crippen LogP contribution in [0.3, 0.4) is 0 Å². The Morgan fingerprint density at radius 1 is 1.10 bits per heavy atom. The van der Waals surface area contributed by atoms with E-state index < -0.39 is 0 Å². The van der Waals surface area contributed by atoms with Crippen LogP contribution in [0.4, 0.5) is 0 Å². The molecule has 4 rings (SSSR count). The van der Waals surface area contributed by atoms with Crippen LogP contribution >= 0.6 is 0 Å². The van der Waals surface area contributed by atoms with Crippen LogP contribution in [0, 0.1) is 6.92 Å². The highest BCUT2D eigenvalue weighted by Gasteiger charge is 2.14. The molecule has 0 N–H and O–H groups in total. The molecule has 0 saturated heterocycles. The van der Waals surface area contributed by atoms with Gasteiger partial charge in [-0.15, -0.1) is 0 Å². The first kappa shape index (κ1) is 19.7. The van der Waals surface area contributed by atoms with Gasteiger partial charge < -0.3 is 13.6 Å². The Hall–Kier alpha value is -3.60. The number of fused-ring (bicyclic) bond motifs is 1. The van der Waals surface area contributed by atoms with Crippen LogP contribution < -0.4 is 0 Å². The number of oxazole rings is 1. The molecule has 0 saturated carbocycles. The third-order valence-electron chi connectivity index (χ3n) is 4.78. The van der Waals surface area contributed by atoms with Crippen molar-refractivity contribution in [3.05, 3.63) is 89.5 Å². The molecular weight excluding hydrogens is 378 g/mol. The Balaban J connectivity index is 1.49. The molecule has 0 aliphatic heterocycles. The molecule has 2 aromatic heterocycles. The van der Waals surface area contributed by atoms with Crippen molar-refractivity contribution in [2.75, 3.05) is 6.61 Å². The Kier molecular flexibility index (Phi) is 5.80. The van der Waals surface area contributed by atoms with E-state index in [1.807, 2.05) is 61.5 Å². The van der Waals surface area contributed by atoms with E-state index in [2.05, 4.69) is 11.1 Å². The Morgan fingerprint density at radius 2 is 1.93 bits per heavy atom. The number of carbonyl (C=O) groups excluding carboxylic acids is 1. The minimum Gasteiger partial charge on any atom is -0.463 e. The Labute approximate surface area is 175 Å². The van der Waals surface area contributed by atoms with Crippen LogP contribution in [0.25, 0.3) is 22.4 Å². The number of hydrogen-bond donors (Lipinski definition) is 0. The predicted molar refractivity (Wildman–Crippen MR) is 115 cm³/mol. The summed E-state index contributed by atoms with van der Waals surface area (Å²) in [6.45, 7) is 4.09. The number of hydrogen-bond acceptors (Lipinski definition) is 5. The average molecular weight is 401 g/mol. The molecule has 2 heterocycles. The minimum atomic E-state index is -0.318. The highest BCUT2D eigenvalue weighted by molar-refractivity contribution is 5.82. The first-order valence-corrected chi connectivity index (χ1v) is 9.98. The van der Waals surface area contributed by atoms with Crippen LogP contribution in [-0.4, -0.2) is 17.6 Å². The summed E-state index contributed by atoms with van der Waals surface area (Å²) in [5, 5.41) is 1.02. The summed E-state index contributed by atoms with van der Waals surface area (Å²) >= 11 is 0. The van der Waals surface area contributed by atoms with Crippen molar-refractivity contribution in [1.82, 2.24) is 4.98 Å². The molecule has 5 heteroatoms. The van der Waals surface area contributed by atoms with Crippen molar-refractivity contribution in [1.29, 1.82) is 0 Å². The number of aromatic nitrogens is 1. The van der Waals surface area contributed by atoms with Gasteiger partial charge in [-0.1, -0.05) is 30.3 Å². The van der Waals surface area contributed by atoms with Crippen molar-refractivity contribution in [3.63, 3.8) is 0 Å². The molecule has 0 bridgehead atoms. The van der Waals surface area contributed by atoms with Gasteiger partial charge in [0.15, 0.2) is 0 Å². The molecule has 0 aliphatic rings. The normalized spacial score (nSPS) is 11.4. The van der Waals surface area contributed by atoms with Crippen molar-refractivity contribution in [2.24, 2.45) is 0 Å². The number of rotatable bonds is 7. The van der Waals surface area contributed by atoms with Gasteiger partial charge >= 0.3 is 5.97 Å². The number of esters is 1. The van der Waals surface area contributed by atoms with Gasteiger partial charge in [0.2, 0.25) is 5.89 Å². The zero-order valence-electron chi connectivity index (χ0n) is 17.1. The van der Waals surface area contributed by atoms with E-state index in [-0.39, 0.29) is 5.97 Å². The quantitative estimate of drug-likeness (QED) is 0.296. The first-order valence-electron chi connectivity index (χ1n) is 9.98. The van der Waals surface area contributed by atoms with E-state index in [1.165, 1.54) is 6.08 Å². The van der Waals surface area contributed by atoms with Gasteiger partial charge in [-0.05, 0) is 56.2 Å². The third-order valence-corrected chi connectivity index (χ3v) is 4.78. The molecule has 4 aromatic rings. The molecule has 0 unspecified atom stereocenters. The summed E-state index contributed by atoms with van der Waals surface area (Å²) in [6.07, 6.45) is 4.49.